The largest absolute Gasteiger partial charge is 0.394 e. The third-order valence-corrected chi connectivity index (χ3v) is 12.4. The van der Waals surface area contributed by atoms with Crippen LogP contribution < -0.4 is 20.9 Å². The van der Waals surface area contributed by atoms with E-state index in [1.807, 2.05) is 55.4 Å². The van der Waals surface area contributed by atoms with Crippen molar-refractivity contribution in [3.8, 4) is 0 Å². The second-order valence-corrected chi connectivity index (χ2v) is 16.9. The molecular formula is C40H66N4O8S. The first-order valence-corrected chi connectivity index (χ1v) is 21.2. The number of nitrogens with zero attached hydrogens (tertiary/aromatic N) is 1. The van der Waals surface area contributed by atoms with Crippen LogP contribution in [0.4, 0.5) is 11.4 Å². The molecule has 3 rings (SSSR count). The lowest BCUT2D eigenvalue weighted by Crippen LogP contribution is -2.50. The van der Waals surface area contributed by atoms with Gasteiger partial charge < -0.3 is 41.1 Å². The summed E-state index contributed by atoms with van der Waals surface area (Å²) in [6.07, 6.45) is 5.84. The number of hydrogen-bond acceptors (Lipinski definition) is 11. The second-order valence-electron chi connectivity index (χ2n) is 14.9. The molecule has 0 fully saturated rings. The molecule has 1 amide bonds. The van der Waals surface area contributed by atoms with Gasteiger partial charge in [0, 0.05) is 44.0 Å². The third kappa shape index (κ3) is 13.6. The third-order valence-electron chi connectivity index (χ3n) is 10.4. The average Bonchev–Trinajstić information content (AvgIpc) is 3.24. The standard InChI is InChI=1S/C40H66N4O8S/c1-5-7-22-40(6-2)28-53(51,52)35-21-20-31(44(3)4)25-32(35)37(43-40)29-17-16-18-30(24-29)42-36(48)19-14-12-10-8-9-11-13-15-23-41-26-33(46)38(49)39(50)34(47)27-45/h16-18,20-21,24-25,33-34,37-39,41,43,45-47,49-50H,5-15,19,22-23,26-28H2,1-4H3,(H,42,48)/t33-,34+,37+,38+,39+,40+/m0/s1. The molecule has 0 spiro atoms. The molecule has 0 aromatic heterocycles. The molecule has 0 radical (unpaired) electrons. The van der Waals surface area contributed by atoms with Crippen molar-refractivity contribution >= 4 is 27.1 Å². The Morgan fingerprint density at radius 1 is 0.906 bits per heavy atom. The van der Waals surface area contributed by atoms with Crippen molar-refractivity contribution in [2.75, 3.05) is 49.8 Å². The number of rotatable bonds is 24. The van der Waals surface area contributed by atoms with Crippen LogP contribution in [0.3, 0.4) is 0 Å². The fourth-order valence-corrected chi connectivity index (χ4v) is 9.17. The maximum Gasteiger partial charge on any atom is 0.224 e. The van der Waals surface area contributed by atoms with Crippen molar-refractivity contribution in [1.82, 2.24) is 10.6 Å². The van der Waals surface area contributed by atoms with E-state index in [0.717, 1.165) is 87.4 Å². The second kappa shape index (κ2) is 22.1. The highest BCUT2D eigenvalue weighted by Gasteiger charge is 2.42. The van der Waals surface area contributed by atoms with Gasteiger partial charge in [-0.2, -0.15) is 0 Å². The molecule has 8 N–H and O–H groups in total. The van der Waals surface area contributed by atoms with Crippen molar-refractivity contribution in [1.29, 1.82) is 0 Å². The number of hydrogen-bond donors (Lipinski definition) is 8. The van der Waals surface area contributed by atoms with Crippen LogP contribution in [0.25, 0.3) is 0 Å². The van der Waals surface area contributed by atoms with E-state index < -0.39 is 46.4 Å². The molecule has 300 valence electrons. The van der Waals surface area contributed by atoms with Gasteiger partial charge >= 0.3 is 0 Å². The zero-order valence-corrected chi connectivity index (χ0v) is 33.1. The summed E-state index contributed by atoms with van der Waals surface area (Å²) in [5.74, 6) is 0.00542. The van der Waals surface area contributed by atoms with E-state index in [1.165, 1.54) is 0 Å². The summed E-state index contributed by atoms with van der Waals surface area (Å²) in [4.78, 5) is 15.3. The van der Waals surface area contributed by atoms with Crippen LogP contribution in [0.1, 0.15) is 114 Å². The molecule has 12 nitrogen and oxygen atoms in total. The first kappa shape index (κ1) is 44.8. The molecule has 1 heterocycles. The highest BCUT2D eigenvalue weighted by molar-refractivity contribution is 7.91. The number of unbranched alkanes of at least 4 members (excludes halogenated alkanes) is 8. The van der Waals surface area contributed by atoms with Gasteiger partial charge in [-0.25, -0.2) is 8.42 Å². The average molecular weight is 763 g/mol. The first-order chi connectivity index (χ1) is 25.3. The number of sulfone groups is 1. The quantitative estimate of drug-likeness (QED) is 0.0721. The van der Waals surface area contributed by atoms with Crippen LogP contribution >= 0.6 is 0 Å². The molecule has 6 atom stereocenters. The maximum absolute atomic E-state index is 13.9. The minimum Gasteiger partial charge on any atom is -0.394 e. The fraction of sp³-hybridized carbons (Fsp3) is 0.675. The van der Waals surface area contributed by atoms with Gasteiger partial charge in [-0.1, -0.05) is 77.3 Å². The molecule has 0 unspecified atom stereocenters. The van der Waals surface area contributed by atoms with Crippen molar-refractivity contribution < 1.29 is 38.7 Å². The summed E-state index contributed by atoms with van der Waals surface area (Å²) in [6, 6.07) is 13.0. The predicted octanol–water partition coefficient (Wildman–Crippen LogP) is 4.03. The molecule has 53 heavy (non-hydrogen) atoms. The van der Waals surface area contributed by atoms with Gasteiger partial charge in [0.2, 0.25) is 5.91 Å². The van der Waals surface area contributed by atoms with E-state index in [1.54, 1.807) is 6.07 Å². The van der Waals surface area contributed by atoms with Crippen molar-refractivity contribution in [2.45, 2.75) is 138 Å². The van der Waals surface area contributed by atoms with Gasteiger partial charge in [0.05, 0.1) is 29.4 Å². The zero-order valence-electron chi connectivity index (χ0n) is 32.3. The molecule has 1 aliphatic rings. The lowest BCUT2D eigenvalue weighted by Gasteiger charge is -2.36. The molecule has 0 bridgehead atoms. The molecule has 13 heteroatoms. The van der Waals surface area contributed by atoms with Crippen LogP contribution in [0.2, 0.25) is 0 Å². The van der Waals surface area contributed by atoms with Crippen LogP contribution in [0.5, 0.6) is 0 Å². The smallest absolute Gasteiger partial charge is 0.224 e. The summed E-state index contributed by atoms with van der Waals surface area (Å²) in [7, 11) is 0.329. The highest BCUT2D eigenvalue weighted by atomic mass is 32.2. The Morgan fingerprint density at radius 2 is 1.57 bits per heavy atom. The van der Waals surface area contributed by atoms with Crippen molar-refractivity contribution in [3.05, 3.63) is 53.6 Å². The Kier molecular flexibility index (Phi) is 18.6. The Bertz CT molecular complexity index is 1510. The van der Waals surface area contributed by atoms with Gasteiger partial charge in [0.25, 0.3) is 0 Å². The Labute approximate surface area is 317 Å². The van der Waals surface area contributed by atoms with E-state index >= 15 is 0 Å². The maximum atomic E-state index is 13.9. The van der Waals surface area contributed by atoms with Gasteiger partial charge in [-0.15, -0.1) is 0 Å². The number of aliphatic hydroxyl groups excluding tert-OH is 5. The summed E-state index contributed by atoms with van der Waals surface area (Å²) >= 11 is 0. The number of fused-ring (bicyclic) bond motifs is 1. The molecule has 0 aliphatic carbocycles. The van der Waals surface area contributed by atoms with Crippen molar-refractivity contribution in [3.63, 3.8) is 0 Å². The highest BCUT2D eigenvalue weighted by Crippen LogP contribution is 2.40. The van der Waals surface area contributed by atoms with E-state index in [4.69, 9.17) is 5.11 Å². The van der Waals surface area contributed by atoms with Gasteiger partial charge in [0.1, 0.15) is 18.3 Å². The van der Waals surface area contributed by atoms with Crippen LogP contribution in [-0.2, 0) is 14.6 Å². The number of carbonyl (C=O) groups is 1. The first-order valence-electron chi connectivity index (χ1n) is 19.5. The van der Waals surface area contributed by atoms with Crippen molar-refractivity contribution in [2.24, 2.45) is 0 Å². The van der Waals surface area contributed by atoms with E-state index in [-0.39, 0.29) is 24.2 Å². The van der Waals surface area contributed by atoms with E-state index in [0.29, 0.717) is 30.0 Å². The minimum atomic E-state index is -3.56. The Morgan fingerprint density at radius 3 is 2.21 bits per heavy atom. The normalized spacial score (nSPS) is 20.5. The SMILES string of the molecule is CCCC[C@]1(CC)CS(=O)(=O)c2ccc(N(C)C)cc2[C@@H](c2cccc(NC(=O)CCCCCCCCCCNC[C@H](O)[C@@H](O)[C@H](O)[C@H](O)CO)c2)N1. The lowest BCUT2D eigenvalue weighted by atomic mass is 9.88. The monoisotopic (exact) mass is 762 g/mol. The van der Waals surface area contributed by atoms with Gasteiger partial charge in [-0.3, -0.25) is 10.1 Å². The zero-order chi connectivity index (χ0) is 39.0. The van der Waals surface area contributed by atoms with Crippen LogP contribution in [0.15, 0.2) is 47.4 Å². The summed E-state index contributed by atoms with van der Waals surface area (Å²) < 4.78 is 27.8. The Balaban J connectivity index is 1.47. The van der Waals surface area contributed by atoms with Crippen LogP contribution in [0, 0.1) is 0 Å². The summed E-state index contributed by atoms with van der Waals surface area (Å²) in [5, 5.41) is 57.7. The van der Waals surface area contributed by atoms with E-state index in [9.17, 15) is 33.6 Å². The Hall–Kier alpha value is -2.62. The molecule has 1 aliphatic heterocycles. The molecular weight excluding hydrogens is 697 g/mol. The summed E-state index contributed by atoms with van der Waals surface area (Å²) in [6.45, 7) is 4.21. The van der Waals surface area contributed by atoms with E-state index in [2.05, 4.69) is 29.8 Å². The number of anilines is 2. The number of aliphatic hydroxyl groups is 5. The summed E-state index contributed by atoms with van der Waals surface area (Å²) in [5.41, 5.74) is 2.68. The number of benzene rings is 2. The topological polar surface area (TPSA) is 192 Å². The minimum absolute atomic E-state index is 0.0380. The lowest BCUT2D eigenvalue weighted by molar-refractivity contribution is -0.116. The molecule has 0 saturated carbocycles. The number of amides is 1. The van der Waals surface area contributed by atoms with Crippen LogP contribution in [-0.4, -0.2) is 109 Å². The van der Waals surface area contributed by atoms with Gasteiger partial charge in [-0.05, 0) is 73.7 Å². The molecule has 0 saturated heterocycles. The number of carbonyl (C=O) groups excluding carboxylic acids is 1. The predicted molar refractivity (Wildman–Crippen MR) is 211 cm³/mol. The number of nitrogens with one attached hydrogen (secondary N) is 3. The molecule has 2 aromatic rings. The fourth-order valence-electron chi connectivity index (χ4n) is 7.04. The van der Waals surface area contributed by atoms with Gasteiger partial charge in [0.15, 0.2) is 9.84 Å². The molecule has 2 aromatic carbocycles.